The third kappa shape index (κ3) is 9.53. The van der Waals surface area contributed by atoms with Gasteiger partial charge in [-0.15, -0.1) is 0 Å². The van der Waals surface area contributed by atoms with Crippen LogP contribution >= 0.6 is 0 Å². The molecule has 3 atom stereocenters. The predicted molar refractivity (Wildman–Crippen MR) is 163 cm³/mol. The lowest BCUT2D eigenvalue weighted by atomic mass is 10.0. The van der Waals surface area contributed by atoms with Gasteiger partial charge in [-0.2, -0.15) is 0 Å². The van der Waals surface area contributed by atoms with Crippen LogP contribution in [0.5, 0.6) is 0 Å². The van der Waals surface area contributed by atoms with Crippen LogP contribution in [0.25, 0.3) is 10.8 Å². The maximum Gasteiger partial charge on any atom is 0.408 e. The molecule has 0 bridgehead atoms. The lowest BCUT2D eigenvalue weighted by Crippen LogP contribution is -2.56. The summed E-state index contributed by atoms with van der Waals surface area (Å²) in [6, 6.07) is 20.0. The van der Waals surface area contributed by atoms with Crippen molar-refractivity contribution < 1.29 is 23.9 Å². The number of aldehydes is 1. The van der Waals surface area contributed by atoms with Crippen molar-refractivity contribution in [2.45, 2.75) is 57.8 Å². The fourth-order valence-corrected chi connectivity index (χ4v) is 4.75. The Morgan fingerprint density at radius 2 is 1.53 bits per heavy atom. The molecule has 4 aromatic rings. The SMILES string of the molecule is CC(C)C[C@@H](C=O)NC(=O)[C@H](Cc1c[nH]cn1)NC(=O)[C@H](Cc1ccc2ccccc2c1)NC(=O)OCc1ccccc1. The average Bonchev–Trinajstić information content (AvgIpc) is 3.52. The van der Waals surface area contributed by atoms with Crippen molar-refractivity contribution in [1.82, 2.24) is 25.9 Å². The largest absolute Gasteiger partial charge is 0.445 e. The van der Waals surface area contributed by atoms with Crippen LogP contribution in [0, 0.1) is 5.92 Å². The molecule has 1 aromatic heterocycles. The van der Waals surface area contributed by atoms with Crippen molar-refractivity contribution in [3.8, 4) is 0 Å². The zero-order valence-corrected chi connectivity index (χ0v) is 24.3. The molecule has 43 heavy (non-hydrogen) atoms. The van der Waals surface area contributed by atoms with E-state index in [-0.39, 0.29) is 25.4 Å². The van der Waals surface area contributed by atoms with E-state index in [0.29, 0.717) is 18.4 Å². The second kappa shape index (κ2) is 15.3. The number of H-pyrrole nitrogens is 1. The molecule has 0 aliphatic carbocycles. The molecule has 0 saturated heterocycles. The molecule has 10 heteroatoms. The van der Waals surface area contributed by atoms with E-state index >= 15 is 0 Å². The summed E-state index contributed by atoms with van der Waals surface area (Å²) >= 11 is 0. The van der Waals surface area contributed by atoms with Gasteiger partial charge in [-0.3, -0.25) is 9.59 Å². The highest BCUT2D eigenvalue weighted by atomic mass is 16.5. The number of nitrogens with zero attached hydrogens (tertiary/aromatic N) is 1. The van der Waals surface area contributed by atoms with Crippen LogP contribution in [0.3, 0.4) is 0 Å². The van der Waals surface area contributed by atoms with Crippen LogP contribution in [0.2, 0.25) is 0 Å². The smallest absolute Gasteiger partial charge is 0.408 e. The highest BCUT2D eigenvalue weighted by molar-refractivity contribution is 5.92. The lowest BCUT2D eigenvalue weighted by Gasteiger charge is -2.24. The van der Waals surface area contributed by atoms with Gasteiger partial charge >= 0.3 is 6.09 Å². The number of aromatic nitrogens is 2. The number of amides is 3. The van der Waals surface area contributed by atoms with Crippen LogP contribution in [-0.4, -0.2) is 52.3 Å². The van der Waals surface area contributed by atoms with Gasteiger partial charge in [-0.05, 0) is 34.2 Å². The Hall–Kier alpha value is -4.99. The molecule has 224 valence electrons. The molecule has 0 fully saturated rings. The second-order valence-electron chi connectivity index (χ2n) is 10.9. The number of hydrogen-bond donors (Lipinski definition) is 4. The first-order valence-electron chi connectivity index (χ1n) is 14.3. The Labute approximate surface area is 250 Å². The van der Waals surface area contributed by atoms with E-state index in [0.717, 1.165) is 21.9 Å². The number of benzene rings is 3. The van der Waals surface area contributed by atoms with Crippen LogP contribution in [0.1, 0.15) is 37.1 Å². The summed E-state index contributed by atoms with van der Waals surface area (Å²) in [6.45, 7) is 3.93. The number of aromatic amines is 1. The van der Waals surface area contributed by atoms with Gasteiger partial charge < -0.3 is 30.5 Å². The normalized spacial score (nSPS) is 13.1. The van der Waals surface area contributed by atoms with Crippen LogP contribution in [0.4, 0.5) is 4.79 Å². The monoisotopic (exact) mass is 583 g/mol. The van der Waals surface area contributed by atoms with Gasteiger partial charge in [0.1, 0.15) is 25.0 Å². The Balaban J connectivity index is 1.53. The first kappa shape index (κ1) is 31.0. The summed E-state index contributed by atoms with van der Waals surface area (Å²) in [6.07, 6.45) is 3.72. The number of nitrogens with one attached hydrogen (secondary N) is 4. The fourth-order valence-electron chi connectivity index (χ4n) is 4.75. The first-order valence-corrected chi connectivity index (χ1v) is 14.3. The molecule has 0 aliphatic rings. The number of carbonyl (C=O) groups is 4. The Morgan fingerprint density at radius 3 is 2.23 bits per heavy atom. The summed E-state index contributed by atoms with van der Waals surface area (Å²) in [5, 5.41) is 10.2. The number of ether oxygens (including phenoxy) is 1. The minimum absolute atomic E-state index is 0.0319. The van der Waals surface area contributed by atoms with Crippen molar-refractivity contribution in [3.63, 3.8) is 0 Å². The number of hydrogen-bond acceptors (Lipinski definition) is 6. The molecule has 0 radical (unpaired) electrons. The van der Waals surface area contributed by atoms with Crippen molar-refractivity contribution in [2.75, 3.05) is 0 Å². The maximum atomic E-state index is 13.7. The van der Waals surface area contributed by atoms with Crippen molar-refractivity contribution in [2.24, 2.45) is 5.92 Å². The van der Waals surface area contributed by atoms with Crippen LogP contribution in [-0.2, 0) is 38.6 Å². The highest BCUT2D eigenvalue weighted by Gasteiger charge is 2.29. The topological polar surface area (TPSA) is 142 Å². The van der Waals surface area contributed by atoms with E-state index in [2.05, 4.69) is 25.9 Å². The van der Waals surface area contributed by atoms with Gasteiger partial charge in [-0.1, -0.05) is 86.6 Å². The van der Waals surface area contributed by atoms with Crippen molar-refractivity contribution >= 4 is 35.0 Å². The molecule has 1 heterocycles. The number of fused-ring (bicyclic) bond motifs is 1. The van der Waals surface area contributed by atoms with Crippen LogP contribution < -0.4 is 16.0 Å². The van der Waals surface area contributed by atoms with E-state index in [1.165, 1.54) is 6.33 Å². The summed E-state index contributed by atoms with van der Waals surface area (Å²) in [5.41, 5.74) is 2.16. The van der Waals surface area contributed by atoms with Gasteiger partial charge in [-0.25, -0.2) is 9.78 Å². The third-order valence-electron chi connectivity index (χ3n) is 6.89. The quantitative estimate of drug-likeness (QED) is 0.166. The Bertz CT molecular complexity index is 1510. The van der Waals surface area contributed by atoms with E-state index < -0.39 is 36.0 Å². The molecule has 0 aliphatic heterocycles. The molecule has 3 aromatic carbocycles. The zero-order valence-electron chi connectivity index (χ0n) is 24.3. The minimum Gasteiger partial charge on any atom is -0.445 e. The number of alkyl carbamates (subject to hydrolysis) is 1. The van der Waals surface area contributed by atoms with Gasteiger partial charge in [0.25, 0.3) is 0 Å². The Morgan fingerprint density at radius 1 is 0.837 bits per heavy atom. The van der Waals surface area contributed by atoms with Gasteiger partial charge in [0.05, 0.1) is 18.1 Å². The van der Waals surface area contributed by atoms with Gasteiger partial charge in [0.15, 0.2) is 0 Å². The van der Waals surface area contributed by atoms with Gasteiger partial charge in [0, 0.05) is 19.0 Å². The molecule has 10 nitrogen and oxygen atoms in total. The molecule has 0 saturated carbocycles. The first-order chi connectivity index (χ1) is 20.8. The van der Waals surface area contributed by atoms with Crippen molar-refractivity contribution in [1.29, 1.82) is 0 Å². The summed E-state index contributed by atoms with van der Waals surface area (Å²) in [7, 11) is 0. The maximum absolute atomic E-state index is 13.7. The zero-order chi connectivity index (χ0) is 30.6. The summed E-state index contributed by atoms with van der Waals surface area (Å²) < 4.78 is 5.40. The number of imidazole rings is 1. The standard InChI is InChI=1S/C33H37N5O5/c1-22(2)14-28(19-39)36-31(40)30(17-27-18-34-21-35-27)37-32(41)29(38-33(42)43-20-23-8-4-3-5-9-23)16-24-12-13-25-10-6-7-11-26(25)15-24/h3-13,15,18-19,21-22,28-30H,14,16-17,20H2,1-2H3,(H,34,35)(H,36,40)(H,37,41)(H,38,42)/t28-,29-,30-/m0/s1. The predicted octanol–water partition coefficient (Wildman–Crippen LogP) is 3.86. The molecule has 0 spiro atoms. The summed E-state index contributed by atoms with van der Waals surface area (Å²) in [4.78, 5) is 58.6. The molecular formula is C33H37N5O5. The molecule has 4 rings (SSSR count). The van der Waals surface area contributed by atoms with E-state index in [4.69, 9.17) is 4.74 Å². The molecule has 3 amide bonds. The average molecular weight is 584 g/mol. The molecular weight excluding hydrogens is 546 g/mol. The van der Waals surface area contributed by atoms with E-state index in [9.17, 15) is 19.2 Å². The molecule has 4 N–H and O–H groups in total. The number of carbonyl (C=O) groups excluding carboxylic acids is 4. The van der Waals surface area contributed by atoms with E-state index in [1.54, 1.807) is 6.20 Å². The lowest BCUT2D eigenvalue weighted by molar-refractivity contribution is -0.131. The summed E-state index contributed by atoms with van der Waals surface area (Å²) in [5.74, 6) is -0.926. The highest BCUT2D eigenvalue weighted by Crippen LogP contribution is 2.17. The van der Waals surface area contributed by atoms with E-state index in [1.807, 2.05) is 86.6 Å². The minimum atomic E-state index is -1.06. The fraction of sp³-hybridized carbons (Fsp3) is 0.303. The Kier molecular flexibility index (Phi) is 11.0. The van der Waals surface area contributed by atoms with Crippen molar-refractivity contribution in [3.05, 3.63) is 102 Å². The number of rotatable bonds is 14. The van der Waals surface area contributed by atoms with Gasteiger partial charge in [0.2, 0.25) is 11.8 Å². The second-order valence-corrected chi connectivity index (χ2v) is 10.9. The van der Waals surface area contributed by atoms with Crippen LogP contribution in [0.15, 0.2) is 85.3 Å². The molecule has 0 unspecified atom stereocenters. The third-order valence-corrected chi connectivity index (χ3v) is 6.89.